The van der Waals surface area contributed by atoms with Crippen LogP contribution in [0, 0.1) is 5.92 Å². The third-order valence-electron chi connectivity index (χ3n) is 4.10. The lowest BCUT2D eigenvalue weighted by molar-refractivity contribution is -0.134. The molecule has 0 bridgehead atoms. The predicted molar refractivity (Wildman–Crippen MR) is 80.7 cm³/mol. The molecule has 3 heterocycles. The largest absolute Gasteiger partial charge is 0.357 e. The van der Waals surface area contributed by atoms with Gasteiger partial charge in [0, 0.05) is 25.9 Å². The first-order chi connectivity index (χ1) is 10.0. The molecule has 21 heavy (non-hydrogen) atoms. The van der Waals surface area contributed by atoms with Crippen molar-refractivity contribution in [3.05, 3.63) is 17.8 Å². The van der Waals surface area contributed by atoms with Gasteiger partial charge in [-0.25, -0.2) is 4.99 Å². The van der Waals surface area contributed by atoms with Gasteiger partial charge in [-0.15, -0.1) is 0 Å². The van der Waals surface area contributed by atoms with Gasteiger partial charge in [-0.05, 0) is 18.4 Å². The standard InChI is InChI=1S/C14H19ClN4O2/c1-8-6-10(21-11(8)14(20)16-2)19-5-4-9-12(15)18(3)7-17-13(9)19/h4-5,7-8,10-12H,6H2,1-3H3,(H,16,20). The lowest BCUT2D eigenvalue weighted by atomic mass is 10.0. The van der Waals surface area contributed by atoms with E-state index in [1.54, 1.807) is 13.4 Å². The third kappa shape index (κ3) is 2.32. The number of halogens is 1. The zero-order valence-corrected chi connectivity index (χ0v) is 13.0. The van der Waals surface area contributed by atoms with E-state index in [0.717, 1.165) is 17.8 Å². The summed E-state index contributed by atoms with van der Waals surface area (Å²) in [6.07, 6.45) is 3.82. The minimum atomic E-state index is -0.417. The zero-order valence-electron chi connectivity index (χ0n) is 12.3. The monoisotopic (exact) mass is 310 g/mol. The van der Waals surface area contributed by atoms with Crippen LogP contribution in [-0.2, 0) is 9.53 Å². The van der Waals surface area contributed by atoms with Crippen molar-refractivity contribution in [1.29, 1.82) is 0 Å². The molecule has 114 valence electrons. The van der Waals surface area contributed by atoms with Crippen LogP contribution in [0.4, 0.5) is 5.82 Å². The van der Waals surface area contributed by atoms with E-state index in [0.29, 0.717) is 0 Å². The summed E-state index contributed by atoms with van der Waals surface area (Å²) in [7, 11) is 3.51. The molecule has 4 unspecified atom stereocenters. The highest BCUT2D eigenvalue weighted by atomic mass is 35.5. The van der Waals surface area contributed by atoms with Gasteiger partial charge in [0.05, 0.1) is 6.34 Å². The van der Waals surface area contributed by atoms with Crippen LogP contribution in [0.15, 0.2) is 17.3 Å². The molecule has 4 atom stereocenters. The molecular weight excluding hydrogens is 292 g/mol. The summed E-state index contributed by atoms with van der Waals surface area (Å²) in [5.74, 6) is 0.891. The topological polar surface area (TPSA) is 58.9 Å². The van der Waals surface area contributed by atoms with E-state index in [1.165, 1.54) is 0 Å². The maximum Gasteiger partial charge on any atom is 0.249 e. The second-order valence-electron chi connectivity index (χ2n) is 5.59. The quantitative estimate of drug-likeness (QED) is 0.671. The summed E-state index contributed by atoms with van der Waals surface area (Å²) in [6, 6.07) is 1.96. The zero-order chi connectivity index (χ0) is 15.1. The highest BCUT2D eigenvalue weighted by Gasteiger charge is 2.38. The normalized spacial score (nSPS) is 31.3. The maximum absolute atomic E-state index is 11.8. The third-order valence-corrected chi connectivity index (χ3v) is 4.65. The number of ether oxygens (including phenoxy) is 1. The molecule has 0 saturated carbocycles. The molecule has 7 heteroatoms. The van der Waals surface area contributed by atoms with Crippen molar-refractivity contribution in [2.75, 3.05) is 14.1 Å². The molecule has 1 amide bonds. The van der Waals surface area contributed by atoms with E-state index < -0.39 is 6.10 Å². The van der Waals surface area contributed by atoms with Gasteiger partial charge in [0.15, 0.2) is 0 Å². The molecule has 0 aromatic carbocycles. The Kier molecular flexibility index (Phi) is 3.67. The van der Waals surface area contributed by atoms with Crippen molar-refractivity contribution in [2.24, 2.45) is 10.9 Å². The molecule has 0 radical (unpaired) electrons. The first-order valence-electron chi connectivity index (χ1n) is 7.01. The van der Waals surface area contributed by atoms with E-state index in [2.05, 4.69) is 10.3 Å². The van der Waals surface area contributed by atoms with Crippen molar-refractivity contribution >= 4 is 29.7 Å². The smallest absolute Gasteiger partial charge is 0.249 e. The number of amides is 1. The molecule has 6 nitrogen and oxygen atoms in total. The Bertz CT molecular complexity index is 586. The highest BCUT2D eigenvalue weighted by Crippen LogP contribution is 2.41. The van der Waals surface area contributed by atoms with Crippen LogP contribution in [0.3, 0.4) is 0 Å². The number of carbonyl (C=O) groups is 1. The summed E-state index contributed by atoms with van der Waals surface area (Å²) in [6.45, 7) is 2.03. The minimum Gasteiger partial charge on any atom is -0.357 e. The van der Waals surface area contributed by atoms with Crippen molar-refractivity contribution < 1.29 is 9.53 Å². The highest BCUT2D eigenvalue weighted by molar-refractivity contribution is 6.21. The van der Waals surface area contributed by atoms with Gasteiger partial charge in [-0.1, -0.05) is 18.5 Å². The first kappa shape index (κ1) is 14.4. The van der Waals surface area contributed by atoms with E-state index >= 15 is 0 Å². The van der Waals surface area contributed by atoms with Gasteiger partial charge in [0.25, 0.3) is 0 Å². The van der Waals surface area contributed by atoms with E-state index in [-0.39, 0.29) is 23.6 Å². The van der Waals surface area contributed by atoms with Gasteiger partial charge in [0.2, 0.25) is 5.91 Å². The van der Waals surface area contributed by atoms with Crippen molar-refractivity contribution in [3.63, 3.8) is 0 Å². The molecule has 0 aliphatic carbocycles. The predicted octanol–water partition coefficient (Wildman–Crippen LogP) is 2.00. The van der Waals surface area contributed by atoms with E-state index in [9.17, 15) is 4.79 Å². The molecular formula is C14H19ClN4O2. The molecule has 1 N–H and O–H groups in total. The molecule has 1 aromatic heterocycles. The Morgan fingerprint density at radius 3 is 3.05 bits per heavy atom. The number of rotatable bonds is 2. The Morgan fingerprint density at radius 2 is 2.33 bits per heavy atom. The van der Waals surface area contributed by atoms with Crippen molar-refractivity contribution in [2.45, 2.75) is 31.2 Å². The summed E-state index contributed by atoms with van der Waals surface area (Å²) < 4.78 is 7.89. The lowest BCUT2D eigenvalue weighted by Crippen LogP contribution is -2.35. The number of fused-ring (bicyclic) bond motifs is 1. The van der Waals surface area contributed by atoms with Crippen molar-refractivity contribution in [1.82, 2.24) is 14.8 Å². The summed E-state index contributed by atoms with van der Waals surface area (Å²) in [5, 5.41) is 2.65. The summed E-state index contributed by atoms with van der Waals surface area (Å²) in [5.41, 5.74) is 0.730. The van der Waals surface area contributed by atoms with Crippen LogP contribution in [0.5, 0.6) is 0 Å². The van der Waals surface area contributed by atoms with Crippen LogP contribution in [0.25, 0.3) is 0 Å². The molecule has 1 aromatic rings. The van der Waals surface area contributed by atoms with Gasteiger partial charge < -0.3 is 19.5 Å². The minimum absolute atomic E-state index is 0.0792. The molecule has 3 rings (SSSR count). The molecule has 1 fully saturated rings. The van der Waals surface area contributed by atoms with Gasteiger partial charge in [-0.2, -0.15) is 0 Å². The second kappa shape index (κ2) is 5.35. The van der Waals surface area contributed by atoms with Gasteiger partial charge in [-0.3, -0.25) is 4.79 Å². The number of hydrogen-bond donors (Lipinski definition) is 1. The Balaban J connectivity index is 1.86. The Hall–Kier alpha value is -1.53. The number of alkyl halides is 1. The molecule has 0 spiro atoms. The van der Waals surface area contributed by atoms with Crippen LogP contribution in [-0.4, -0.2) is 41.9 Å². The number of carbonyl (C=O) groups excluding carboxylic acids is 1. The SMILES string of the molecule is CNC(=O)C1OC(n2ccc3c2N=CN(C)C3Cl)CC1C. The first-order valence-corrected chi connectivity index (χ1v) is 7.44. The fraction of sp³-hybridized carbons (Fsp3) is 0.571. The van der Waals surface area contributed by atoms with E-state index in [1.807, 2.05) is 35.7 Å². The Morgan fingerprint density at radius 1 is 1.57 bits per heavy atom. The summed E-state index contributed by atoms with van der Waals surface area (Å²) >= 11 is 6.36. The fourth-order valence-electron chi connectivity index (χ4n) is 2.88. The van der Waals surface area contributed by atoms with Crippen molar-refractivity contribution in [3.8, 4) is 0 Å². The maximum atomic E-state index is 11.8. The number of nitrogens with one attached hydrogen (secondary N) is 1. The van der Waals surface area contributed by atoms with E-state index in [4.69, 9.17) is 16.3 Å². The number of likely N-dealkylation sites (N-methyl/N-ethyl adjacent to an activating group) is 1. The van der Waals surface area contributed by atoms with Crippen LogP contribution >= 0.6 is 11.6 Å². The van der Waals surface area contributed by atoms with Crippen LogP contribution < -0.4 is 5.32 Å². The lowest BCUT2D eigenvalue weighted by Gasteiger charge is -2.25. The number of hydrogen-bond acceptors (Lipinski definition) is 4. The van der Waals surface area contributed by atoms with Gasteiger partial charge >= 0.3 is 0 Å². The number of aromatic nitrogens is 1. The summed E-state index contributed by atoms with van der Waals surface area (Å²) in [4.78, 5) is 18.1. The second-order valence-corrected chi connectivity index (χ2v) is 6.00. The average molecular weight is 311 g/mol. The Labute approximate surface area is 128 Å². The molecule has 1 saturated heterocycles. The van der Waals surface area contributed by atoms with Crippen LogP contribution in [0.1, 0.15) is 30.6 Å². The number of aliphatic imine (C=N–C) groups is 1. The molecule has 2 aliphatic heterocycles. The van der Waals surface area contributed by atoms with Crippen LogP contribution in [0.2, 0.25) is 0 Å². The molecule has 2 aliphatic rings. The number of nitrogens with zero attached hydrogens (tertiary/aromatic N) is 3. The van der Waals surface area contributed by atoms with Gasteiger partial charge in [0.1, 0.15) is 23.7 Å². The fourth-order valence-corrected chi connectivity index (χ4v) is 3.10. The average Bonchev–Trinajstić information content (AvgIpc) is 3.06.